The number of carbonyl (C=O) groups is 3. The summed E-state index contributed by atoms with van der Waals surface area (Å²) in [6.45, 7) is 6.56. The van der Waals surface area contributed by atoms with E-state index in [1.807, 2.05) is 0 Å². The van der Waals surface area contributed by atoms with Crippen molar-refractivity contribution in [1.82, 2.24) is 0 Å². The Morgan fingerprint density at radius 2 is 0.536 bits per heavy atom. The van der Waals surface area contributed by atoms with E-state index >= 15 is 0 Å². The van der Waals surface area contributed by atoms with E-state index in [0.29, 0.717) is 19.3 Å². The minimum absolute atomic E-state index is 0.0848. The molecule has 0 bridgehead atoms. The molecule has 0 N–H and O–H groups in total. The van der Waals surface area contributed by atoms with Crippen molar-refractivity contribution >= 4 is 17.9 Å². The molecular weight excluding hydrogens is 853 g/mol. The zero-order valence-corrected chi connectivity index (χ0v) is 45.6. The van der Waals surface area contributed by atoms with Crippen LogP contribution in [0.1, 0.15) is 290 Å². The van der Waals surface area contributed by atoms with E-state index in [4.69, 9.17) is 14.2 Å². The summed E-state index contributed by atoms with van der Waals surface area (Å²) in [6, 6.07) is 0. The van der Waals surface area contributed by atoms with Gasteiger partial charge < -0.3 is 14.2 Å². The van der Waals surface area contributed by atoms with Crippen LogP contribution in [0.3, 0.4) is 0 Å². The van der Waals surface area contributed by atoms with Crippen LogP contribution < -0.4 is 0 Å². The molecule has 0 aromatic rings. The molecule has 398 valence electrons. The highest BCUT2D eigenvalue weighted by molar-refractivity contribution is 5.71. The van der Waals surface area contributed by atoms with E-state index in [9.17, 15) is 14.4 Å². The summed E-state index contributed by atoms with van der Waals surface area (Å²) in [5.74, 6) is -0.902. The molecule has 0 aliphatic rings. The smallest absolute Gasteiger partial charge is 0.306 e. The average molecular weight is 964 g/mol. The van der Waals surface area contributed by atoms with E-state index in [-0.39, 0.29) is 31.1 Å². The first-order valence-electron chi connectivity index (χ1n) is 29.4. The minimum atomic E-state index is -0.786. The van der Waals surface area contributed by atoms with E-state index in [0.717, 1.165) is 96.3 Å². The van der Waals surface area contributed by atoms with E-state index in [1.54, 1.807) is 0 Å². The molecule has 0 saturated heterocycles. The molecule has 0 saturated carbocycles. The van der Waals surface area contributed by atoms with Crippen molar-refractivity contribution in [2.45, 2.75) is 297 Å². The van der Waals surface area contributed by atoms with Gasteiger partial charge in [0.1, 0.15) is 13.2 Å². The number of carbonyl (C=O) groups excluding carboxylic acids is 3. The Labute approximate surface area is 427 Å². The molecule has 1 atom stereocenters. The molecule has 6 nitrogen and oxygen atoms in total. The van der Waals surface area contributed by atoms with Gasteiger partial charge in [0, 0.05) is 19.3 Å². The maximum atomic E-state index is 12.8. The molecule has 0 aliphatic carbocycles. The number of unbranched alkanes of at least 4 members (excludes halogenated alkanes) is 30. The van der Waals surface area contributed by atoms with Gasteiger partial charge in [-0.15, -0.1) is 0 Å². The number of ether oxygens (including phenoxy) is 3. The van der Waals surface area contributed by atoms with Crippen molar-refractivity contribution < 1.29 is 28.6 Å². The lowest BCUT2D eigenvalue weighted by molar-refractivity contribution is -0.167. The monoisotopic (exact) mass is 963 g/mol. The van der Waals surface area contributed by atoms with Crippen LogP contribution in [0.5, 0.6) is 0 Å². The van der Waals surface area contributed by atoms with Crippen LogP contribution in [0.15, 0.2) is 72.9 Å². The normalized spacial score (nSPS) is 12.6. The van der Waals surface area contributed by atoms with Gasteiger partial charge in [-0.2, -0.15) is 0 Å². The van der Waals surface area contributed by atoms with E-state index in [2.05, 4.69) is 93.7 Å². The van der Waals surface area contributed by atoms with Crippen molar-refractivity contribution in [3.63, 3.8) is 0 Å². The first kappa shape index (κ1) is 65.8. The summed E-state index contributed by atoms with van der Waals surface area (Å²) < 4.78 is 16.8. The molecular formula is C63H110O6. The lowest BCUT2D eigenvalue weighted by Crippen LogP contribution is -2.30. The summed E-state index contributed by atoms with van der Waals surface area (Å²) in [7, 11) is 0. The van der Waals surface area contributed by atoms with Crippen LogP contribution in [0.4, 0.5) is 0 Å². The SMILES string of the molecule is CCCC/C=C\CCCCCCCC(=O)OCC(COC(=O)CCCCCCCCCC/C=C\C/C=C\C/C=C\CCCCCCC)OC(=O)CCCCCCCCC/C=C\C/C=C\CCCCC. The standard InChI is InChI=1S/C63H110O6/c1-4-7-10-13-16-19-22-24-26-28-29-30-31-32-33-35-36-38-41-44-47-50-53-56-62(65)68-59-60(58-67-61(64)55-52-49-46-43-40-21-18-15-12-9-6-3)69-63(66)57-54-51-48-45-42-39-37-34-27-25-23-20-17-14-11-8-5-2/h15,17-18,20,22,24-25,27-29,31-32,60H,4-14,16,19,21,23,26,30,33-59H2,1-3H3/b18-15-,20-17-,24-22-,27-25-,29-28-,32-31-. The zero-order chi connectivity index (χ0) is 50.0. The lowest BCUT2D eigenvalue weighted by Gasteiger charge is -2.18. The van der Waals surface area contributed by atoms with Gasteiger partial charge in [0.25, 0.3) is 0 Å². The van der Waals surface area contributed by atoms with Gasteiger partial charge >= 0.3 is 17.9 Å². The quantitative estimate of drug-likeness (QED) is 0.0262. The van der Waals surface area contributed by atoms with Crippen molar-refractivity contribution in [3.05, 3.63) is 72.9 Å². The fourth-order valence-corrected chi connectivity index (χ4v) is 8.17. The highest BCUT2D eigenvalue weighted by atomic mass is 16.6. The summed E-state index contributed by atoms with van der Waals surface area (Å²) in [5.41, 5.74) is 0. The Morgan fingerprint density at radius 3 is 0.899 bits per heavy atom. The Balaban J connectivity index is 4.33. The Hall–Kier alpha value is -3.15. The molecule has 0 aromatic carbocycles. The Morgan fingerprint density at radius 1 is 0.290 bits per heavy atom. The van der Waals surface area contributed by atoms with Gasteiger partial charge in [-0.05, 0) is 109 Å². The molecule has 6 heteroatoms. The van der Waals surface area contributed by atoms with Gasteiger partial charge in [0.05, 0.1) is 0 Å². The average Bonchev–Trinajstić information content (AvgIpc) is 3.35. The van der Waals surface area contributed by atoms with Gasteiger partial charge in [-0.1, -0.05) is 235 Å². The second-order valence-electron chi connectivity index (χ2n) is 19.5. The van der Waals surface area contributed by atoms with Gasteiger partial charge in [-0.3, -0.25) is 14.4 Å². The summed E-state index contributed by atoms with van der Waals surface area (Å²) in [6.07, 6.45) is 73.2. The minimum Gasteiger partial charge on any atom is -0.462 e. The summed E-state index contributed by atoms with van der Waals surface area (Å²) in [5, 5.41) is 0. The predicted octanol–water partition coefficient (Wildman–Crippen LogP) is 19.8. The number of hydrogen-bond acceptors (Lipinski definition) is 6. The third kappa shape index (κ3) is 55.6. The van der Waals surface area contributed by atoms with Gasteiger partial charge in [0.2, 0.25) is 0 Å². The fraction of sp³-hybridized carbons (Fsp3) is 0.762. The highest BCUT2D eigenvalue weighted by Crippen LogP contribution is 2.15. The topological polar surface area (TPSA) is 78.9 Å². The molecule has 0 heterocycles. The van der Waals surface area contributed by atoms with Gasteiger partial charge in [0.15, 0.2) is 6.10 Å². The second kappa shape index (κ2) is 57.4. The number of hydrogen-bond donors (Lipinski definition) is 0. The molecule has 0 rings (SSSR count). The summed E-state index contributed by atoms with van der Waals surface area (Å²) >= 11 is 0. The van der Waals surface area contributed by atoms with Crippen LogP contribution in [0, 0.1) is 0 Å². The van der Waals surface area contributed by atoms with Crippen LogP contribution in [-0.4, -0.2) is 37.2 Å². The maximum Gasteiger partial charge on any atom is 0.306 e. The van der Waals surface area contributed by atoms with Crippen molar-refractivity contribution in [2.75, 3.05) is 13.2 Å². The molecule has 69 heavy (non-hydrogen) atoms. The molecule has 0 fully saturated rings. The maximum absolute atomic E-state index is 12.8. The zero-order valence-electron chi connectivity index (χ0n) is 45.6. The van der Waals surface area contributed by atoms with Crippen LogP contribution in [0.2, 0.25) is 0 Å². The van der Waals surface area contributed by atoms with E-state index in [1.165, 1.54) is 154 Å². The van der Waals surface area contributed by atoms with Crippen molar-refractivity contribution in [2.24, 2.45) is 0 Å². The predicted molar refractivity (Wildman–Crippen MR) is 298 cm³/mol. The Bertz CT molecular complexity index is 1290. The van der Waals surface area contributed by atoms with E-state index < -0.39 is 6.10 Å². The van der Waals surface area contributed by atoms with Crippen molar-refractivity contribution in [1.29, 1.82) is 0 Å². The molecule has 0 spiro atoms. The first-order chi connectivity index (χ1) is 34.0. The first-order valence-corrected chi connectivity index (χ1v) is 29.4. The summed E-state index contributed by atoms with van der Waals surface area (Å²) in [4.78, 5) is 38.1. The van der Waals surface area contributed by atoms with Crippen LogP contribution in [-0.2, 0) is 28.6 Å². The molecule has 0 aromatic heterocycles. The number of allylic oxidation sites excluding steroid dienone is 12. The lowest BCUT2D eigenvalue weighted by atomic mass is 10.1. The highest BCUT2D eigenvalue weighted by Gasteiger charge is 2.19. The van der Waals surface area contributed by atoms with Crippen LogP contribution in [0.25, 0.3) is 0 Å². The Kier molecular flexibility index (Phi) is 54.8. The third-order valence-electron chi connectivity index (χ3n) is 12.7. The molecule has 1 unspecified atom stereocenters. The molecule has 0 radical (unpaired) electrons. The van der Waals surface area contributed by atoms with Crippen molar-refractivity contribution in [3.8, 4) is 0 Å². The third-order valence-corrected chi connectivity index (χ3v) is 12.7. The molecule has 0 amide bonds. The van der Waals surface area contributed by atoms with Gasteiger partial charge in [-0.25, -0.2) is 0 Å². The molecule has 0 aliphatic heterocycles. The van der Waals surface area contributed by atoms with Crippen LogP contribution >= 0.6 is 0 Å². The largest absolute Gasteiger partial charge is 0.462 e. The number of rotatable bonds is 53. The second-order valence-corrected chi connectivity index (χ2v) is 19.5. The number of esters is 3. The fourth-order valence-electron chi connectivity index (χ4n) is 8.17.